The van der Waals surface area contributed by atoms with Crippen molar-refractivity contribution < 1.29 is 9.53 Å². The first-order chi connectivity index (χ1) is 11.1. The summed E-state index contributed by atoms with van der Waals surface area (Å²) in [5.41, 5.74) is 6.34. The molecule has 0 aromatic heterocycles. The van der Waals surface area contributed by atoms with Crippen LogP contribution in [-0.2, 0) is 4.79 Å². The molecule has 0 radical (unpaired) electrons. The number of methoxy groups -OCH3 is 1. The van der Waals surface area contributed by atoms with Gasteiger partial charge in [0.2, 0.25) is 0 Å². The zero-order chi connectivity index (χ0) is 16.7. The SMILES string of the molecule is COc1ccc(NCC(=O)N/N=C(/C)c2ccc(C)cc2)cc1. The van der Waals surface area contributed by atoms with Gasteiger partial charge in [0, 0.05) is 5.69 Å². The molecule has 5 nitrogen and oxygen atoms in total. The zero-order valence-electron chi connectivity index (χ0n) is 13.6. The quantitative estimate of drug-likeness (QED) is 0.637. The van der Waals surface area contributed by atoms with Crippen LogP contribution in [0.5, 0.6) is 5.75 Å². The van der Waals surface area contributed by atoms with E-state index < -0.39 is 0 Å². The van der Waals surface area contributed by atoms with Crippen LogP contribution in [0, 0.1) is 6.92 Å². The highest BCUT2D eigenvalue weighted by Crippen LogP contribution is 2.14. The van der Waals surface area contributed by atoms with Gasteiger partial charge in [-0.1, -0.05) is 29.8 Å². The summed E-state index contributed by atoms with van der Waals surface area (Å²) >= 11 is 0. The van der Waals surface area contributed by atoms with Gasteiger partial charge in [-0.15, -0.1) is 0 Å². The van der Waals surface area contributed by atoms with Crippen molar-refractivity contribution in [2.24, 2.45) is 5.10 Å². The molecule has 2 N–H and O–H groups in total. The summed E-state index contributed by atoms with van der Waals surface area (Å²) in [6.07, 6.45) is 0. The summed E-state index contributed by atoms with van der Waals surface area (Å²) in [6, 6.07) is 15.4. The number of amides is 1. The van der Waals surface area contributed by atoms with Crippen LogP contribution in [-0.4, -0.2) is 25.3 Å². The molecule has 0 atom stereocenters. The van der Waals surface area contributed by atoms with Gasteiger partial charge in [-0.2, -0.15) is 5.10 Å². The molecule has 1 amide bonds. The van der Waals surface area contributed by atoms with E-state index in [1.807, 2.05) is 62.4 Å². The molecule has 2 aromatic rings. The van der Waals surface area contributed by atoms with E-state index in [-0.39, 0.29) is 12.5 Å². The highest BCUT2D eigenvalue weighted by Gasteiger charge is 2.02. The van der Waals surface area contributed by atoms with Gasteiger partial charge in [0.1, 0.15) is 5.75 Å². The Morgan fingerprint density at radius 3 is 2.35 bits per heavy atom. The van der Waals surface area contributed by atoms with Gasteiger partial charge in [-0.25, -0.2) is 5.43 Å². The molecule has 0 fully saturated rings. The number of rotatable bonds is 6. The van der Waals surface area contributed by atoms with Crippen molar-refractivity contribution in [1.29, 1.82) is 0 Å². The van der Waals surface area contributed by atoms with Crippen molar-refractivity contribution in [3.63, 3.8) is 0 Å². The van der Waals surface area contributed by atoms with Gasteiger partial charge < -0.3 is 10.1 Å². The van der Waals surface area contributed by atoms with Crippen molar-refractivity contribution in [2.45, 2.75) is 13.8 Å². The summed E-state index contributed by atoms with van der Waals surface area (Å²) in [5, 5.41) is 7.15. The smallest absolute Gasteiger partial charge is 0.259 e. The van der Waals surface area contributed by atoms with E-state index in [4.69, 9.17) is 4.74 Å². The number of nitrogens with one attached hydrogen (secondary N) is 2. The summed E-state index contributed by atoms with van der Waals surface area (Å²) in [5.74, 6) is 0.575. The summed E-state index contributed by atoms with van der Waals surface area (Å²) in [7, 11) is 1.62. The Hall–Kier alpha value is -2.82. The van der Waals surface area contributed by atoms with Gasteiger partial charge in [-0.3, -0.25) is 4.79 Å². The molecule has 0 aliphatic carbocycles. The van der Waals surface area contributed by atoms with E-state index >= 15 is 0 Å². The molecule has 0 saturated heterocycles. The second kappa shape index (κ2) is 7.98. The third-order valence-corrected chi connectivity index (χ3v) is 3.36. The van der Waals surface area contributed by atoms with Crippen LogP contribution in [0.3, 0.4) is 0 Å². The number of ether oxygens (including phenoxy) is 1. The maximum absolute atomic E-state index is 11.8. The van der Waals surface area contributed by atoms with Crippen molar-refractivity contribution >= 4 is 17.3 Å². The molecule has 0 unspecified atom stereocenters. The number of hydrazone groups is 1. The molecule has 0 heterocycles. The minimum atomic E-state index is -0.202. The Labute approximate surface area is 136 Å². The van der Waals surface area contributed by atoms with Crippen molar-refractivity contribution in [3.8, 4) is 5.75 Å². The fourth-order valence-electron chi connectivity index (χ4n) is 1.94. The first-order valence-electron chi connectivity index (χ1n) is 7.36. The Bertz CT molecular complexity index is 676. The lowest BCUT2D eigenvalue weighted by molar-refractivity contribution is -0.119. The van der Waals surface area contributed by atoms with E-state index in [0.717, 1.165) is 22.7 Å². The van der Waals surface area contributed by atoms with Gasteiger partial charge in [0.25, 0.3) is 5.91 Å². The van der Waals surface area contributed by atoms with Gasteiger partial charge in [0.05, 0.1) is 19.4 Å². The van der Waals surface area contributed by atoms with Crippen LogP contribution >= 0.6 is 0 Å². The van der Waals surface area contributed by atoms with Crippen LogP contribution in [0.25, 0.3) is 0 Å². The Kier molecular flexibility index (Phi) is 5.74. The predicted octanol–water partition coefficient (Wildman–Crippen LogP) is 2.96. The summed E-state index contributed by atoms with van der Waals surface area (Å²) in [4.78, 5) is 11.8. The van der Waals surface area contributed by atoms with E-state index in [1.165, 1.54) is 5.56 Å². The van der Waals surface area contributed by atoms with Crippen molar-refractivity contribution in [3.05, 3.63) is 59.7 Å². The average Bonchev–Trinajstić information content (AvgIpc) is 2.59. The van der Waals surface area contributed by atoms with Crippen LogP contribution in [0.2, 0.25) is 0 Å². The topological polar surface area (TPSA) is 62.7 Å². The molecule has 5 heteroatoms. The molecule has 120 valence electrons. The van der Waals surface area contributed by atoms with Crippen LogP contribution in [0.4, 0.5) is 5.69 Å². The Morgan fingerprint density at radius 1 is 1.09 bits per heavy atom. The van der Waals surface area contributed by atoms with Crippen LogP contribution in [0.1, 0.15) is 18.1 Å². The van der Waals surface area contributed by atoms with E-state index in [9.17, 15) is 4.79 Å². The molecule has 0 aliphatic rings. The minimum absolute atomic E-state index is 0.150. The molecule has 23 heavy (non-hydrogen) atoms. The first-order valence-corrected chi connectivity index (χ1v) is 7.36. The molecule has 2 aromatic carbocycles. The van der Waals surface area contributed by atoms with E-state index in [2.05, 4.69) is 15.8 Å². The van der Waals surface area contributed by atoms with Crippen LogP contribution in [0.15, 0.2) is 53.6 Å². The van der Waals surface area contributed by atoms with Crippen molar-refractivity contribution in [2.75, 3.05) is 19.0 Å². The standard InChI is InChI=1S/C18H21N3O2/c1-13-4-6-15(7-5-13)14(2)20-21-18(22)12-19-16-8-10-17(23-3)11-9-16/h4-11,19H,12H2,1-3H3,(H,21,22)/b20-14-. The fourth-order valence-corrected chi connectivity index (χ4v) is 1.94. The summed E-state index contributed by atoms with van der Waals surface area (Å²) < 4.78 is 5.08. The van der Waals surface area contributed by atoms with Gasteiger partial charge in [-0.05, 0) is 43.7 Å². The van der Waals surface area contributed by atoms with E-state index in [1.54, 1.807) is 7.11 Å². The fraction of sp³-hybridized carbons (Fsp3) is 0.222. The molecule has 2 rings (SSSR count). The largest absolute Gasteiger partial charge is 0.497 e. The summed E-state index contributed by atoms with van der Waals surface area (Å²) in [6.45, 7) is 4.04. The van der Waals surface area contributed by atoms with Crippen LogP contribution < -0.4 is 15.5 Å². The monoisotopic (exact) mass is 311 g/mol. The maximum atomic E-state index is 11.8. The lowest BCUT2D eigenvalue weighted by Crippen LogP contribution is -2.26. The average molecular weight is 311 g/mol. The van der Waals surface area contributed by atoms with Gasteiger partial charge in [0.15, 0.2) is 0 Å². The molecular weight excluding hydrogens is 290 g/mol. The third-order valence-electron chi connectivity index (χ3n) is 3.36. The number of carbonyl (C=O) groups excluding carboxylic acids is 1. The predicted molar refractivity (Wildman–Crippen MR) is 93.0 cm³/mol. The Morgan fingerprint density at radius 2 is 1.74 bits per heavy atom. The number of aryl methyl sites for hydroxylation is 1. The highest BCUT2D eigenvalue weighted by molar-refractivity contribution is 5.99. The number of hydrogen-bond acceptors (Lipinski definition) is 4. The second-order valence-electron chi connectivity index (χ2n) is 5.18. The zero-order valence-corrected chi connectivity index (χ0v) is 13.6. The first kappa shape index (κ1) is 16.5. The third kappa shape index (κ3) is 5.14. The number of anilines is 1. The molecular formula is C18H21N3O2. The lowest BCUT2D eigenvalue weighted by atomic mass is 10.1. The van der Waals surface area contributed by atoms with Crippen molar-refractivity contribution in [1.82, 2.24) is 5.43 Å². The highest BCUT2D eigenvalue weighted by atomic mass is 16.5. The minimum Gasteiger partial charge on any atom is -0.497 e. The number of nitrogens with zero attached hydrogens (tertiary/aromatic N) is 1. The molecule has 0 spiro atoms. The number of hydrogen-bond donors (Lipinski definition) is 2. The molecule has 0 aliphatic heterocycles. The normalized spacial score (nSPS) is 11.0. The second-order valence-corrected chi connectivity index (χ2v) is 5.18. The number of carbonyl (C=O) groups is 1. The lowest BCUT2D eigenvalue weighted by Gasteiger charge is -2.07. The van der Waals surface area contributed by atoms with E-state index in [0.29, 0.717) is 0 Å². The Balaban J connectivity index is 1.84. The molecule has 0 saturated carbocycles. The van der Waals surface area contributed by atoms with Gasteiger partial charge >= 0.3 is 0 Å². The molecule has 0 bridgehead atoms. The number of benzene rings is 2. The maximum Gasteiger partial charge on any atom is 0.259 e.